The smallest absolute Gasteiger partial charge is 0.149 e. The molecule has 2 aromatic heterocycles. The van der Waals surface area contributed by atoms with Crippen LogP contribution in [0.1, 0.15) is 11.1 Å². The number of hydrogen-bond donors (Lipinski definition) is 1. The molecular formula is C43H31N3O. The number of pyridine rings is 1. The lowest BCUT2D eigenvalue weighted by atomic mass is 9.92. The normalized spacial score (nSPS) is 11.1. The van der Waals surface area contributed by atoms with Gasteiger partial charge in [-0.3, -0.25) is 9.55 Å². The van der Waals surface area contributed by atoms with Gasteiger partial charge in [0.2, 0.25) is 0 Å². The maximum Gasteiger partial charge on any atom is 0.149 e. The molecule has 0 amide bonds. The molecule has 0 saturated heterocycles. The summed E-state index contributed by atoms with van der Waals surface area (Å²) in [5, 5.41) is 10.9. The van der Waals surface area contributed by atoms with Crippen LogP contribution < -0.4 is 0 Å². The maximum atomic E-state index is 10.9. The average molecular weight is 606 g/mol. The molecule has 4 heteroatoms. The van der Waals surface area contributed by atoms with Crippen LogP contribution in [0.2, 0.25) is 0 Å². The third-order valence-electron chi connectivity index (χ3n) is 8.60. The van der Waals surface area contributed by atoms with Crippen molar-refractivity contribution in [3.63, 3.8) is 0 Å². The largest absolute Gasteiger partial charge is 0.507 e. The molecule has 0 spiro atoms. The first-order valence-electron chi connectivity index (χ1n) is 15.8. The van der Waals surface area contributed by atoms with Gasteiger partial charge in [0.05, 0.1) is 22.3 Å². The van der Waals surface area contributed by atoms with Gasteiger partial charge in [-0.15, -0.1) is 0 Å². The van der Waals surface area contributed by atoms with E-state index < -0.39 is 0 Å². The quantitative estimate of drug-likeness (QED) is 0.197. The first-order valence-corrected chi connectivity index (χ1v) is 15.8. The number of aromatic nitrogens is 3. The van der Waals surface area contributed by atoms with Crippen LogP contribution in [0.3, 0.4) is 0 Å². The number of hydrogen-bond acceptors (Lipinski definition) is 3. The summed E-state index contributed by atoms with van der Waals surface area (Å²) in [5.41, 5.74) is 12.2. The van der Waals surface area contributed by atoms with Crippen molar-refractivity contribution < 1.29 is 5.11 Å². The van der Waals surface area contributed by atoms with Gasteiger partial charge in [-0.1, -0.05) is 109 Å². The number of para-hydroxylation sites is 3. The number of fused-ring (bicyclic) bond motifs is 1. The molecule has 1 N–H and O–H groups in total. The Morgan fingerprint density at radius 1 is 0.532 bits per heavy atom. The molecule has 0 bridgehead atoms. The summed E-state index contributed by atoms with van der Waals surface area (Å²) in [4.78, 5) is 10.2. The van der Waals surface area contributed by atoms with E-state index in [2.05, 4.69) is 108 Å². The zero-order valence-corrected chi connectivity index (χ0v) is 25.7. The fraction of sp³-hybridized carbons (Fsp3) is 0.0233. The van der Waals surface area contributed by atoms with Crippen molar-refractivity contribution in [1.82, 2.24) is 14.5 Å². The standard InChI is InChI=1S/C43H31N3O/c47-40-24-11-10-21-38(40)43-45-42-37(22-12-23-39(42)46(43)36-19-8-3-9-20-36)34-27-33(31-16-6-2-7-17-31)28-35(29-34)41-32(18-13-25-44-41)26-30-14-4-1-5-15-30/h1-25,27-29,47H,26H2. The summed E-state index contributed by atoms with van der Waals surface area (Å²) >= 11 is 0. The second kappa shape index (κ2) is 12.3. The molecule has 47 heavy (non-hydrogen) atoms. The lowest BCUT2D eigenvalue weighted by molar-refractivity contribution is 0.477. The number of rotatable bonds is 7. The molecule has 0 aliphatic carbocycles. The monoisotopic (exact) mass is 605 g/mol. The minimum absolute atomic E-state index is 0.191. The van der Waals surface area contributed by atoms with E-state index in [1.807, 2.05) is 60.8 Å². The summed E-state index contributed by atoms with van der Waals surface area (Å²) in [6.45, 7) is 0. The highest BCUT2D eigenvalue weighted by atomic mass is 16.3. The van der Waals surface area contributed by atoms with E-state index in [4.69, 9.17) is 9.97 Å². The topological polar surface area (TPSA) is 50.9 Å². The number of imidazole rings is 1. The van der Waals surface area contributed by atoms with Crippen molar-refractivity contribution in [2.45, 2.75) is 6.42 Å². The predicted octanol–water partition coefficient (Wildman–Crippen LogP) is 10.4. The van der Waals surface area contributed by atoms with Crippen LogP contribution in [0.4, 0.5) is 0 Å². The summed E-state index contributed by atoms with van der Waals surface area (Å²) < 4.78 is 2.13. The highest BCUT2D eigenvalue weighted by Gasteiger charge is 2.20. The highest BCUT2D eigenvalue weighted by Crippen LogP contribution is 2.39. The van der Waals surface area contributed by atoms with E-state index in [-0.39, 0.29) is 5.75 Å². The number of benzene rings is 6. The Bertz CT molecular complexity index is 2330. The molecule has 0 aliphatic heterocycles. The average Bonchev–Trinajstić information content (AvgIpc) is 3.53. The van der Waals surface area contributed by atoms with E-state index in [0.717, 1.165) is 56.7 Å². The predicted molar refractivity (Wildman–Crippen MR) is 192 cm³/mol. The fourth-order valence-corrected chi connectivity index (χ4v) is 6.39. The zero-order valence-electron chi connectivity index (χ0n) is 25.7. The molecule has 0 fully saturated rings. The second-order valence-electron chi connectivity index (χ2n) is 11.6. The Labute approximate surface area is 273 Å². The molecule has 8 aromatic rings. The van der Waals surface area contributed by atoms with E-state index in [0.29, 0.717) is 11.4 Å². The Morgan fingerprint density at radius 2 is 1.19 bits per heavy atom. The van der Waals surface area contributed by atoms with E-state index >= 15 is 0 Å². The van der Waals surface area contributed by atoms with Gasteiger partial charge in [-0.2, -0.15) is 0 Å². The van der Waals surface area contributed by atoms with Gasteiger partial charge in [0, 0.05) is 23.0 Å². The molecule has 224 valence electrons. The van der Waals surface area contributed by atoms with Crippen LogP contribution in [0.15, 0.2) is 170 Å². The first kappa shape index (κ1) is 28.2. The van der Waals surface area contributed by atoms with Gasteiger partial charge < -0.3 is 5.11 Å². The number of phenolic OH excluding ortho intramolecular Hbond substituents is 1. The second-order valence-corrected chi connectivity index (χ2v) is 11.6. The van der Waals surface area contributed by atoms with Crippen LogP contribution in [0.5, 0.6) is 5.75 Å². The van der Waals surface area contributed by atoms with Gasteiger partial charge in [0.1, 0.15) is 11.6 Å². The van der Waals surface area contributed by atoms with Crippen LogP contribution in [-0.2, 0) is 6.42 Å². The first-order chi connectivity index (χ1) is 23.2. The molecule has 0 atom stereocenters. The van der Waals surface area contributed by atoms with Crippen molar-refractivity contribution >= 4 is 11.0 Å². The molecule has 0 radical (unpaired) electrons. The lowest BCUT2D eigenvalue weighted by Gasteiger charge is -2.14. The molecule has 2 heterocycles. The zero-order chi connectivity index (χ0) is 31.6. The molecule has 0 saturated carbocycles. The summed E-state index contributed by atoms with van der Waals surface area (Å²) in [7, 11) is 0. The van der Waals surface area contributed by atoms with E-state index in [9.17, 15) is 5.11 Å². The minimum atomic E-state index is 0.191. The van der Waals surface area contributed by atoms with Crippen LogP contribution in [0, 0.1) is 0 Å². The van der Waals surface area contributed by atoms with Crippen LogP contribution >= 0.6 is 0 Å². The summed E-state index contributed by atoms with van der Waals surface area (Å²) in [5.74, 6) is 0.877. The molecule has 0 aliphatic rings. The Kier molecular flexibility index (Phi) is 7.37. The molecule has 4 nitrogen and oxygen atoms in total. The summed E-state index contributed by atoms with van der Waals surface area (Å²) in [6.07, 6.45) is 2.66. The maximum absolute atomic E-state index is 10.9. The number of phenols is 1. The number of nitrogens with zero attached hydrogens (tertiary/aromatic N) is 3. The molecule has 6 aromatic carbocycles. The van der Waals surface area contributed by atoms with Crippen molar-refractivity contribution in [2.24, 2.45) is 0 Å². The highest BCUT2D eigenvalue weighted by molar-refractivity contribution is 5.97. The lowest BCUT2D eigenvalue weighted by Crippen LogP contribution is -1.97. The van der Waals surface area contributed by atoms with Crippen molar-refractivity contribution in [1.29, 1.82) is 0 Å². The van der Waals surface area contributed by atoms with Gasteiger partial charge in [0.15, 0.2) is 0 Å². The van der Waals surface area contributed by atoms with E-state index in [1.54, 1.807) is 6.07 Å². The van der Waals surface area contributed by atoms with Crippen molar-refractivity contribution in [3.05, 3.63) is 181 Å². The molecule has 0 unspecified atom stereocenters. The Balaban J connectivity index is 1.37. The van der Waals surface area contributed by atoms with Crippen molar-refractivity contribution in [2.75, 3.05) is 0 Å². The van der Waals surface area contributed by atoms with Gasteiger partial charge in [0.25, 0.3) is 0 Å². The van der Waals surface area contributed by atoms with Crippen LogP contribution in [0.25, 0.3) is 61.6 Å². The Morgan fingerprint density at radius 3 is 1.98 bits per heavy atom. The Hall–Kier alpha value is -6.26. The third-order valence-corrected chi connectivity index (χ3v) is 8.60. The van der Waals surface area contributed by atoms with Crippen LogP contribution in [-0.4, -0.2) is 19.6 Å². The molecular weight excluding hydrogens is 574 g/mol. The van der Waals surface area contributed by atoms with Gasteiger partial charge in [-0.05, 0) is 88.8 Å². The number of aromatic hydroxyl groups is 1. The SMILES string of the molecule is Oc1ccccc1-c1nc2c(-c3cc(-c4ccccc4)cc(-c4ncccc4Cc4ccccc4)c3)cccc2n1-c1ccccc1. The fourth-order valence-electron chi connectivity index (χ4n) is 6.39. The molecule has 8 rings (SSSR count). The van der Waals surface area contributed by atoms with Crippen molar-refractivity contribution in [3.8, 4) is 56.3 Å². The third kappa shape index (κ3) is 5.47. The minimum Gasteiger partial charge on any atom is -0.507 e. The van der Waals surface area contributed by atoms with E-state index in [1.165, 1.54) is 11.1 Å². The van der Waals surface area contributed by atoms with Gasteiger partial charge >= 0.3 is 0 Å². The summed E-state index contributed by atoms with van der Waals surface area (Å²) in [6, 6.07) is 55.8. The van der Waals surface area contributed by atoms with Gasteiger partial charge in [-0.25, -0.2) is 4.98 Å².